The smallest absolute Gasteiger partial charge is 0.138 e. The van der Waals surface area contributed by atoms with Crippen LogP contribution in [0, 0.1) is 13.8 Å². The van der Waals surface area contributed by atoms with Gasteiger partial charge in [-0.3, -0.25) is 0 Å². The third kappa shape index (κ3) is 2.02. The van der Waals surface area contributed by atoms with Crippen LogP contribution in [0.15, 0.2) is 21.0 Å². The standard InChI is InChI=1S/C14H16BrNO/c1-8-3-6-11(15)13-9(2)12(17-14(8)13)7-16-10-4-5-10/h3,6,10,16H,4-5,7H2,1-2H3. The molecule has 0 radical (unpaired) electrons. The Kier molecular flexibility index (Phi) is 2.75. The molecular weight excluding hydrogens is 278 g/mol. The summed E-state index contributed by atoms with van der Waals surface area (Å²) in [5, 5.41) is 4.72. The van der Waals surface area contributed by atoms with Crippen molar-refractivity contribution in [3.63, 3.8) is 0 Å². The van der Waals surface area contributed by atoms with Crippen LogP contribution in [-0.2, 0) is 6.54 Å². The Hall–Kier alpha value is -0.800. The lowest BCUT2D eigenvalue weighted by molar-refractivity contribution is 0.508. The van der Waals surface area contributed by atoms with E-state index in [1.807, 2.05) is 0 Å². The van der Waals surface area contributed by atoms with E-state index in [0.29, 0.717) is 6.04 Å². The predicted octanol–water partition coefficient (Wildman–Crippen LogP) is 4.06. The molecule has 1 saturated carbocycles. The molecule has 17 heavy (non-hydrogen) atoms. The number of nitrogens with one attached hydrogen (secondary N) is 1. The highest BCUT2D eigenvalue weighted by Crippen LogP contribution is 2.34. The molecule has 1 aliphatic rings. The van der Waals surface area contributed by atoms with Gasteiger partial charge in [-0.1, -0.05) is 22.0 Å². The molecular formula is C14H16BrNO. The lowest BCUT2D eigenvalue weighted by Gasteiger charge is -1.99. The van der Waals surface area contributed by atoms with Crippen LogP contribution >= 0.6 is 15.9 Å². The summed E-state index contributed by atoms with van der Waals surface area (Å²) in [5.74, 6) is 1.07. The van der Waals surface area contributed by atoms with Crippen molar-refractivity contribution in [2.24, 2.45) is 0 Å². The minimum atomic E-state index is 0.715. The van der Waals surface area contributed by atoms with E-state index in [1.54, 1.807) is 0 Å². The Labute approximate surface area is 110 Å². The number of fused-ring (bicyclic) bond motifs is 1. The fraction of sp³-hybridized carbons (Fsp3) is 0.429. The van der Waals surface area contributed by atoms with Crippen LogP contribution in [-0.4, -0.2) is 6.04 Å². The first-order valence-electron chi connectivity index (χ1n) is 6.07. The van der Waals surface area contributed by atoms with Crippen molar-refractivity contribution < 1.29 is 4.42 Å². The van der Waals surface area contributed by atoms with Crippen LogP contribution < -0.4 is 5.32 Å². The van der Waals surface area contributed by atoms with E-state index < -0.39 is 0 Å². The molecule has 0 unspecified atom stereocenters. The van der Waals surface area contributed by atoms with Crippen molar-refractivity contribution in [2.75, 3.05) is 0 Å². The first kappa shape index (κ1) is 11.3. The molecule has 2 nitrogen and oxygen atoms in total. The van der Waals surface area contributed by atoms with Gasteiger partial charge < -0.3 is 9.73 Å². The zero-order chi connectivity index (χ0) is 12.0. The van der Waals surface area contributed by atoms with Crippen LogP contribution in [0.25, 0.3) is 11.0 Å². The number of hydrogen-bond donors (Lipinski definition) is 1. The van der Waals surface area contributed by atoms with Gasteiger partial charge in [0.1, 0.15) is 11.3 Å². The van der Waals surface area contributed by atoms with E-state index in [0.717, 1.165) is 22.4 Å². The van der Waals surface area contributed by atoms with Gasteiger partial charge in [0.2, 0.25) is 0 Å². The number of rotatable bonds is 3. The van der Waals surface area contributed by atoms with E-state index in [2.05, 4.69) is 47.2 Å². The first-order chi connectivity index (χ1) is 8.16. The van der Waals surface area contributed by atoms with E-state index in [4.69, 9.17) is 4.42 Å². The van der Waals surface area contributed by atoms with Gasteiger partial charge in [0.05, 0.1) is 6.54 Å². The quantitative estimate of drug-likeness (QED) is 0.923. The molecule has 1 heterocycles. The molecule has 0 atom stereocenters. The number of aryl methyl sites for hydroxylation is 2. The molecule has 0 bridgehead atoms. The maximum absolute atomic E-state index is 6.00. The zero-order valence-electron chi connectivity index (χ0n) is 10.1. The molecule has 3 heteroatoms. The van der Waals surface area contributed by atoms with Crippen molar-refractivity contribution in [2.45, 2.75) is 39.3 Å². The molecule has 1 aliphatic carbocycles. The van der Waals surface area contributed by atoms with Crippen LogP contribution in [0.2, 0.25) is 0 Å². The third-order valence-electron chi connectivity index (χ3n) is 3.45. The second-order valence-electron chi connectivity index (χ2n) is 4.87. The van der Waals surface area contributed by atoms with E-state index in [-0.39, 0.29) is 0 Å². The van der Waals surface area contributed by atoms with Gasteiger partial charge in [-0.2, -0.15) is 0 Å². The normalized spacial score (nSPS) is 15.7. The van der Waals surface area contributed by atoms with E-state index in [1.165, 1.54) is 29.4 Å². The van der Waals surface area contributed by atoms with Crippen LogP contribution in [0.5, 0.6) is 0 Å². The maximum Gasteiger partial charge on any atom is 0.138 e. The molecule has 1 N–H and O–H groups in total. The van der Waals surface area contributed by atoms with Gasteiger partial charge in [-0.15, -0.1) is 0 Å². The summed E-state index contributed by atoms with van der Waals surface area (Å²) in [6.45, 7) is 5.08. The first-order valence-corrected chi connectivity index (χ1v) is 6.86. The van der Waals surface area contributed by atoms with Crippen molar-refractivity contribution in [1.29, 1.82) is 0 Å². The van der Waals surface area contributed by atoms with Crippen molar-refractivity contribution >= 4 is 26.9 Å². The summed E-state index contributed by atoms with van der Waals surface area (Å²) in [7, 11) is 0. The highest BCUT2D eigenvalue weighted by molar-refractivity contribution is 9.10. The largest absolute Gasteiger partial charge is 0.459 e. The Morgan fingerprint density at radius 1 is 1.35 bits per heavy atom. The molecule has 1 aromatic carbocycles. The maximum atomic E-state index is 6.00. The number of furan rings is 1. The summed E-state index contributed by atoms with van der Waals surface area (Å²) >= 11 is 3.61. The molecule has 90 valence electrons. The van der Waals surface area contributed by atoms with Gasteiger partial charge in [0, 0.05) is 21.5 Å². The molecule has 1 aromatic heterocycles. The van der Waals surface area contributed by atoms with Crippen molar-refractivity contribution in [3.05, 3.63) is 33.5 Å². The van der Waals surface area contributed by atoms with Gasteiger partial charge in [-0.25, -0.2) is 0 Å². The average molecular weight is 294 g/mol. The SMILES string of the molecule is Cc1ccc(Br)c2c(C)c(CNC3CC3)oc12. The van der Waals surface area contributed by atoms with Crippen LogP contribution in [0.4, 0.5) is 0 Å². The highest BCUT2D eigenvalue weighted by Gasteiger charge is 2.22. The summed E-state index contributed by atoms with van der Waals surface area (Å²) < 4.78 is 7.12. The summed E-state index contributed by atoms with van der Waals surface area (Å²) in [6.07, 6.45) is 2.62. The minimum Gasteiger partial charge on any atom is -0.459 e. The van der Waals surface area contributed by atoms with E-state index in [9.17, 15) is 0 Å². The number of halogens is 1. The lowest BCUT2D eigenvalue weighted by atomic mass is 10.1. The van der Waals surface area contributed by atoms with Gasteiger partial charge in [0.25, 0.3) is 0 Å². The van der Waals surface area contributed by atoms with E-state index >= 15 is 0 Å². The molecule has 1 fully saturated rings. The van der Waals surface area contributed by atoms with Crippen LogP contribution in [0.1, 0.15) is 29.7 Å². The summed E-state index contributed by atoms with van der Waals surface area (Å²) in [5.41, 5.74) is 3.47. The number of hydrogen-bond acceptors (Lipinski definition) is 2. The lowest BCUT2D eigenvalue weighted by Crippen LogP contribution is -2.15. The molecule has 0 saturated heterocycles. The predicted molar refractivity (Wildman–Crippen MR) is 73.2 cm³/mol. The minimum absolute atomic E-state index is 0.715. The van der Waals surface area contributed by atoms with Gasteiger partial charge in [-0.05, 0) is 38.3 Å². The van der Waals surface area contributed by atoms with Crippen LogP contribution in [0.3, 0.4) is 0 Å². The van der Waals surface area contributed by atoms with Crippen molar-refractivity contribution in [3.8, 4) is 0 Å². The second kappa shape index (κ2) is 4.14. The molecule has 2 aromatic rings. The third-order valence-corrected chi connectivity index (χ3v) is 4.11. The molecule has 0 aliphatic heterocycles. The second-order valence-corrected chi connectivity index (χ2v) is 5.73. The summed E-state index contributed by atoms with van der Waals surface area (Å²) in [6, 6.07) is 4.90. The fourth-order valence-corrected chi connectivity index (χ4v) is 2.79. The molecule has 0 amide bonds. The molecule has 3 rings (SSSR count). The zero-order valence-corrected chi connectivity index (χ0v) is 11.7. The Morgan fingerprint density at radius 3 is 2.76 bits per heavy atom. The number of benzene rings is 1. The monoisotopic (exact) mass is 293 g/mol. The topological polar surface area (TPSA) is 25.2 Å². The average Bonchev–Trinajstić information content (AvgIpc) is 3.06. The van der Waals surface area contributed by atoms with Crippen molar-refractivity contribution in [1.82, 2.24) is 5.32 Å². The van der Waals surface area contributed by atoms with Gasteiger partial charge >= 0.3 is 0 Å². The Bertz CT molecular complexity index is 569. The highest BCUT2D eigenvalue weighted by atomic mass is 79.9. The Morgan fingerprint density at radius 2 is 2.12 bits per heavy atom. The molecule has 0 spiro atoms. The van der Waals surface area contributed by atoms with Gasteiger partial charge in [0.15, 0.2) is 0 Å². The summed E-state index contributed by atoms with van der Waals surface area (Å²) in [4.78, 5) is 0. The fourth-order valence-electron chi connectivity index (χ4n) is 2.18. The Balaban J connectivity index is 2.03.